The Morgan fingerprint density at radius 2 is 1.64 bits per heavy atom. The number of epoxide rings is 1. The first-order valence-electron chi connectivity index (χ1n) is 16.2. The molecule has 0 aromatic carbocycles. The smallest absolute Gasteiger partial charge is 0.330 e. The number of aliphatic carboxylic acids is 1. The summed E-state index contributed by atoms with van der Waals surface area (Å²) in [7, 11) is 0. The van der Waals surface area contributed by atoms with Crippen LogP contribution >= 0.6 is 0 Å². The third kappa shape index (κ3) is 10.6. The summed E-state index contributed by atoms with van der Waals surface area (Å²) < 4.78 is 22.8. The highest BCUT2D eigenvalue weighted by molar-refractivity contribution is 5.82. The van der Waals surface area contributed by atoms with Crippen LogP contribution in [0, 0.1) is 11.8 Å². The van der Waals surface area contributed by atoms with E-state index in [0.29, 0.717) is 6.42 Å². The molecule has 3 fully saturated rings. The summed E-state index contributed by atoms with van der Waals surface area (Å²) in [5, 5.41) is 64.3. The maximum atomic E-state index is 12.3. The van der Waals surface area contributed by atoms with Gasteiger partial charge in [0.25, 0.3) is 0 Å². The molecule has 3 unspecified atom stereocenters. The van der Waals surface area contributed by atoms with Crippen molar-refractivity contribution in [3.63, 3.8) is 0 Å². The van der Waals surface area contributed by atoms with Crippen LogP contribution < -0.4 is 5.73 Å². The fourth-order valence-electron chi connectivity index (χ4n) is 6.52. The number of hydrogen-bond acceptors (Lipinski definition) is 12. The van der Waals surface area contributed by atoms with E-state index in [1.165, 1.54) is 6.08 Å². The summed E-state index contributed by atoms with van der Waals surface area (Å²) in [6.45, 7) is 3.43. The molecule has 262 valence electrons. The molecule has 47 heavy (non-hydrogen) atoms. The lowest BCUT2D eigenvalue weighted by molar-refractivity contribution is -0.299. The lowest BCUT2D eigenvalue weighted by atomic mass is 9.79. The second-order valence-corrected chi connectivity index (χ2v) is 13.1. The van der Waals surface area contributed by atoms with E-state index < -0.39 is 97.0 Å². The average molecular weight is 664 g/mol. The van der Waals surface area contributed by atoms with Crippen molar-refractivity contribution < 1.29 is 59.2 Å². The van der Waals surface area contributed by atoms with E-state index in [1.807, 2.05) is 18.2 Å². The minimum Gasteiger partial charge on any atom is -0.481 e. The van der Waals surface area contributed by atoms with Crippen molar-refractivity contribution in [2.75, 3.05) is 0 Å². The molecule has 0 spiro atoms. The van der Waals surface area contributed by atoms with Crippen LogP contribution in [0.2, 0.25) is 0 Å². The molecular formula is C34H49NO12. The molecule has 0 radical (unpaired) electrons. The predicted octanol–water partition coefficient (Wildman–Crippen LogP) is 0.783. The number of nitrogens with two attached hydrogens (primary N) is 1. The maximum absolute atomic E-state index is 12.3. The zero-order valence-electron chi connectivity index (χ0n) is 26.7. The Kier molecular flexibility index (Phi) is 13.1. The van der Waals surface area contributed by atoms with Crippen LogP contribution in [-0.4, -0.2) is 115 Å². The molecule has 4 aliphatic heterocycles. The van der Waals surface area contributed by atoms with Gasteiger partial charge in [0.2, 0.25) is 0 Å². The zero-order valence-corrected chi connectivity index (χ0v) is 26.7. The first-order valence-corrected chi connectivity index (χ1v) is 16.2. The average Bonchev–Trinajstić information content (AvgIpc) is 3.72. The Balaban J connectivity index is 1.58. The summed E-state index contributed by atoms with van der Waals surface area (Å²) in [5.41, 5.74) is 6.06. The van der Waals surface area contributed by atoms with Crippen LogP contribution in [0.25, 0.3) is 0 Å². The normalized spacial score (nSPS) is 47.2. The van der Waals surface area contributed by atoms with Crippen molar-refractivity contribution in [1.82, 2.24) is 0 Å². The lowest BCUT2D eigenvalue weighted by Gasteiger charge is -2.45. The number of carbonyl (C=O) groups is 2. The summed E-state index contributed by atoms with van der Waals surface area (Å²) in [4.78, 5) is 24.5. The highest BCUT2D eigenvalue weighted by Gasteiger charge is 2.51. The van der Waals surface area contributed by atoms with Gasteiger partial charge in [0, 0.05) is 31.8 Å². The number of fused-ring (bicyclic) bond motifs is 3. The highest BCUT2D eigenvalue weighted by atomic mass is 16.6. The van der Waals surface area contributed by atoms with Gasteiger partial charge in [-0.25, -0.2) is 4.79 Å². The van der Waals surface area contributed by atoms with Gasteiger partial charge in [-0.1, -0.05) is 48.6 Å². The van der Waals surface area contributed by atoms with Crippen LogP contribution in [0.5, 0.6) is 0 Å². The van der Waals surface area contributed by atoms with Crippen molar-refractivity contribution in [2.45, 2.75) is 125 Å². The number of carbonyl (C=O) groups excluding carboxylic acids is 1. The summed E-state index contributed by atoms with van der Waals surface area (Å²) >= 11 is 0. The van der Waals surface area contributed by atoms with Crippen LogP contribution in [0.15, 0.2) is 60.8 Å². The molecular weight excluding hydrogens is 614 g/mol. The molecule has 13 heteroatoms. The minimum absolute atomic E-state index is 0.0149. The van der Waals surface area contributed by atoms with E-state index in [2.05, 4.69) is 0 Å². The first-order chi connectivity index (χ1) is 22.3. The maximum Gasteiger partial charge on any atom is 0.330 e. The SMILES string of the molecule is CC1O[C@@H](C[C@H]2/C=C/C=C/C=C/C=C/C[C@@H](C)OC(=O)/C=C/[C@H]3OC3C[C@H](O)C[C@]3(O)C[C@H](O)[C@@H](C(=O)O)[C@H](C2)O3)C(O)[C@H](N)[C@@H]1O. The Bertz CT molecular complexity index is 1220. The van der Waals surface area contributed by atoms with Gasteiger partial charge in [0.15, 0.2) is 5.79 Å². The van der Waals surface area contributed by atoms with Gasteiger partial charge in [0.1, 0.15) is 18.1 Å². The van der Waals surface area contributed by atoms with E-state index in [-0.39, 0.29) is 31.8 Å². The van der Waals surface area contributed by atoms with Gasteiger partial charge in [-0.3, -0.25) is 4.79 Å². The van der Waals surface area contributed by atoms with E-state index >= 15 is 0 Å². The quantitative estimate of drug-likeness (QED) is 0.164. The van der Waals surface area contributed by atoms with E-state index in [0.717, 1.165) is 0 Å². The van der Waals surface area contributed by atoms with Crippen LogP contribution in [0.4, 0.5) is 0 Å². The van der Waals surface area contributed by atoms with E-state index in [1.54, 1.807) is 50.3 Å². The van der Waals surface area contributed by atoms with Gasteiger partial charge in [0.05, 0.1) is 54.9 Å². The molecule has 3 saturated heterocycles. The number of allylic oxidation sites excluding steroid dienone is 7. The number of cyclic esters (lactones) is 1. The van der Waals surface area contributed by atoms with E-state index in [4.69, 9.17) is 24.7 Å². The van der Waals surface area contributed by atoms with Crippen LogP contribution in [0.1, 0.15) is 52.4 Å². The van der Waals surface area contributed by atoms with Crippen molar-refractivity contribution in [2.24, 2.45) is 17.6 Å². The van der Waals surface area contributed by atoms with Crippen molar-refractivity contribution in [3.8, 4) is 0 Å². The fraction of sp³-hybridized carbons (Fsp3) is 0.647. The van der Waals surface area contributed by atoms with Gasteiger partial charge in [-0.2, -0.15) is 0 Å². The number of carboxylic acids is 1. The van der Waals surface area contributed by atoms with E-state index in [9.17, 15) is 40.2 Å². The van der Waals surface area contributed by atoms with Gasteiger partial charge in [-0.05, 0) is 38.7 Å². The van der Waals surface area contributed by atoms with Gasteiger partial charge >= 0.3 is 11.9 Å². The van der Waals surface area contributed by atoms with Crippen LogP contribution in [0.3, 0.4) is 0 Å². The number of carboxylic acid groups (broad SMARTS) is 1. The monoisotopic (exact) mass is 663 g/mol. The second kappa shape index (κ2) is 16.6. The van der Waals surface area contributed by atoms with Crippen LogP contribution in [-0.2, 0) is 28.5 Å². The molecule has 4 aliphatic rings. The first kappa shape index (κ1) is 37.1. The Hall–Kier alpha value is -2.72. The molecule has 0 amide bonds. The number of ether oxygens (including phenoxy) is 4. The zero-order chi connectivity index (χ0) is 34.3. The topological polar surface area (TPSA) is 222 Å². The number of rotatable bonds is 3. The summed E-state index contributed by atoms with van der Waals surface area (Å²) in [6.07, 6.45) is 8.57. The second-order valence-electron chi connectivity index (χ2n) is 13.1. The molecule has 0 aliphatic carbocycles. The molecule has 0 aromatic heterocycles. The molecule has 0 saturated carbocycles. The fourth-order valence-corrected chi connectivity index (χ4v) is 6.52. The Labute approximate surface area is 274 Å². The summed E-state index contributed by atoms with van der Waals surface area (Å²) in [6, 6.07) is -0.952. The molecule has 13 nitrogen and oxygen atoms in total. The van der Waals surface area contributed by atoms with Crippen molar-refractivity contribution in [1.29, 1.82) is 0 Å². The molecule has 4 heterocycles. The lowest BCUT2D eigenvalue weighted by Crippen LogP contribution is -2.60. The largest absolute Gasteiger partial charge is 0.481 e. The molecule has 8 N–H and O–H groups in total. The third-order valence-electron chi connectivity index (χ3n) is 9.07. The molecule has 2 bridgehead atoms. The summed E-state index contributed by atoms with van der Waals surface area (Å²) in [5.74, 6) is -5.73. The molecule has 14 atom stereocenters. The Morgan fingerprint density at radius 1 is 0.936 bits per heavy atom. The highest BCUT2D eigenvalue weighted by Crippen LogP contribution is 2.40. The number of aliphatic hydroxyl groups is 5. The number of esters is 1. The van der Waals surface area contributed by atoms with Crippen molar-refractivity contribution >= 4 is 11.9 Å². The number of hydrogen-bond donors (Lipinski definition) is 7. The standard InChI is InChI=1S/C34H49NO12/c1-19-10-8-6-4-3-5-7-9-11-21(15-27-32(40)30(35)31(39)20(2)45-27)14-26-29(33(41)42)23(37)18-34(43,47-26)17-22(36)16-25-24(46-25)12-13-28(38)44-19/h3-9,11-13,19-27,29-32,36-37,39-40,43H,10,14-18,35H2,1-2H3,(H,41,42)/b4-3+,7-5+,8-6+,11-9+,13-12+/t19-,20?,21+,22+,23+,24-,25?,26+,27+,29-,30-,31-,32?,34-/m1/s1. The van der Waals surface area contributed by atoms with Gasteiger partial charge in [-0.15, -0.1) is 0 Å². The van der Waals surface area contributed by atoms with Gasteiger partial charge < -0.3 is 55.3 Å². The third-order valence-corrected chi connectivity index (χ3v) is 9.07. The minimum atomic E-state index is -2.04. The predicted molar refractivity (Wildman–Crippen MR) is 168 cm³/mol. The van der Waals surface area contributed by atoms with Crippen molar-refractivity contribution in [3.05, 3.63) is 60.8 Å². The number of aliphatic hydroxyl groups excluding tert-OH is 4. The molecule has 4 rings (SSSR count). The molecule has 0 aromatic rings. The Morgan fingerprint density at radius 3 is 2.36 bits per heavy atom.